The number of Topliss-reactive ketones (excluding diaryl/α,β-unsaturated/α-hetero) is 1. The standard InChI is InChI=1S/C20H27NO/c1-6-8-10-13-17(3)16-20(7-2,21(4)5)19(22)18-14-11-9-12-15-18/h6,8-15H,1,7,16H2,2-5H3/b10-8-,17-13+. The van der Waals surface area contributed by atoms with Gasteiger partial charge in [0.15, 0.2) is 5.78 Å². The molecule has 0 heterocycles. The third kappa shape index (κ3) is 4.28. The Morgan fingerprint density at radius 3 is 2.36 bits per heavy atom. The van der Waals surface area contributed by atoms with Gasteiger partial charge in [-0.2, -0.15) is 0 Å². The van der Waals surface area contributed by atoms with Crippen LogP contribution in [-0.4, -0.2) is 30.3 Å². The third-order valence-electron chi connectivity index (χ3n) is 4.10. The summed E-state index contributed by atoms with van der Waals surface area (Å²) < 4.78 is 0. The lowest BCUT2D eigenvalue weighted by atomic mass is 9.80. The Balaban J connectivity index is 3.15. The van der Waals surface area contributed by atoms with Crippen LogP contribution in [0.4, 0.5) is 0 Å². The minimum Gasteiger partial charge on any atom is -0.297 e. The number of hydrogen-bond donors (Lipinski definition) is 0. The molecule has 118 valence electrons. The van der Waals surface area contributed by atoms with E-state index >= 15 is 0 Å². The summed E-state index contributed by atoms with van der Waals surface area (Å²) in [6.45, 7) is 7.81. The molecule has 0 saturated heterocycles. The van der Waals surface area contributed by atoms with Crippen molar-refractivity contribution < 1.29 is 4.79 Å². The molecule has 0 aromatic heterocycles. The number of rotatable bonds is 8. The first kappa shape index (κ1) is 18.1. The van der Waals surface area contributed by atoms with Gasteiger partial charge in [-0.3, -0.25) is 9.69 Å². The average molecular weight is 297 g/mol. The Morgan fingerprint density at radius 1 is 1.23 bits per heavy atom. The fourth-order valence-electron chi connectivity index (χ4n) is 2.72. The Kier molecular flexibility index (Phi) is 7.00. The van der Waals surface area contributed by atoms with Gasteiger partial charge < -0.3 is 0 Å². The number of ketones is 1. The molecule has 2 heteroatoms. The van der Waals surface area contributed by atoms with Gasteiger partial charge in [-0.25, -0.2) is 0 Å². The number of nitrogens with zero attached hydrogens (tertiary/aromatic N) is 1. The van der Waals surface area contributed by atoms with Gasteiger partial charge in [0, 0.05) is 5.56 Å². The summed E-state index contributed by atoms with van der Waals surface area (Å²) in [4.78, 5) is 15.2. The molecule has 0 aliphatic heterocycles. The van der Waals surface area contributed by atoms with E-state index in [-0.39, 0.29) is 5.78 Å². The number of benzene rings is 1. The van der Waals surface area contributed by atoms with Gasteiger partial charge in [-0.15, -0.1) is 0 Å². The third-order valence-corrected chi connectivity index (χ3v) is 4.10. The van der Waals surface area contributed by atoms with Crippen LogP contribution in [0.2, 0.25) is 0 Å². The van der Waals surface area contributed by atoms with E-state index in [1.54, 1.807) is 6.08 Å². The van der Waals surface area contributed by atoms with Gasteiger partial charge in [0.05, 0.1) is 5.54 Å². The highest BCUT2D eigenvalue weighted by molar-refractivity contribution is 6.03. The van der Waals surface area contributed by atoms with Crippen molar-refractivity contribution in [1.82, 2.24) is 4.90 Å². The smallest absolute Gasteiger partial charge is 0.183 e. The second-order valence-electron chi connectivity index (χ2n) is 5.79. The van der Waals surface area contributed by atoms with E-state index in [2.05, 4.69) is 25.3 Å². The molecule has 0 radical (unpaired) electrons. The van der Waals surface area contributed by atoms with Gasteiger partial charge in [0.1, 0.15) is 0 Å². The van der Waals surface area contributed by atoms with Crippen molar-refractivity contribution in [1.29, 1.82) is 0 Å². The van der Waals surface area contributed by atoms with Crippen LogP contribution >= 0.6 is 0 Å². The predicted octanol–water partition coefficient (Wildman–Crippen LogP) is 4.66. The van der Waals surface area contributed by atoms with E-state index in [0.717, 1.165) is 12.0 Å². The van der Waals surface area contributed by atoms with Crippen molar-refractivity contribution >= 4 is 5.78 Å². The fourth-order valence-corrected chi connectivity index (χ4v) is 2.72. The minimum absolute atomic E-state index is 0.182. The summed E-state index contributed by atoms with van der Waals surface area (Å²) in [6, 6.07) is 9.56. The molecule has 22 heavy (non-hydrogen) atoms. The largest absolute Gasteiger partial charge is 0.297 e. The molecule has 1 aromatic carbocycles. The zero-order chi connectivity index (χ0) is 16.6. The highest BCUT2D eigenvalue weighted by Crippen LogP contribution is 2.30. The first-order valence-corrected chi connectivity index (χ1v) is 7.70. The number of carbonyl (C=O) groups is 1. The van der Waals surface area contributed by atoms with Crippen molar-refractivity contribution in [3.63, 3.8) is 0 Å². The Morgan fingerprint density at radius 2 is 1.86 bits per heavy atom. The number of likely N-dealkylation sites (N-methyl/N-ethyl adjacent to an activating group) is 1. The van der Waals surface area contributed by atoms with E-state index < -0.39 is 5.54 Å². The maximum Gasteiger partial charge on any atom is 0.183 e. The summed E-state index contributed by atoms with van der Waals surface area (Å²) in [5, 5.41) is 0. The lowest BCUT2D eigenvalue weighted by Crippen LogP contribution is -2.51. The second-order valence-corrected chi connectivity index (χ2v) is 5.79. The lowest BCUT2D eigenvalue weighted by Gasteiger charge is -2.38. The van der Waals surface area contributed by atoms with E-state index in [0.29, 0.717) is 6.42 Å². The zero-order valence-electron chi connectivity index (χ0n) is 14.2. The maximum atomic E-state index is 13.1. The van der Waals surface area contributed by atoms with Crippen LogP contribution in [0.25, 0.3) is 0 Å². The van der Waals surface area contributed by atoms with Crippen LogP contribution in [-0.2, 0) is 0 Å². The molecule has 0 spiro atoms. The molecular formula is C20H27NO. The SMILES string of the molecule is C=C/C=C\C=C(/C)CC(CC)(C(=O)c1ccccc1)N(C)C. The van der Waals surface area contributed by atoms with Gasteiger partial charge >= 0.3 is 0 Å². The van der Waals surface area contributed by atoms with E-state index in [1.165, 1.54) is 5.57 Å². The predicted molar refractivity (Wildman–Crippen MR) is 95.2 cm³/mol. The highest BCUT2D eigenvalue weighted by Gasteiger charge is 2.39. The molecule has 0 bridgehead atoms. The highest BCUT2D eigenvalue weighted by atomic mass is 16.1. The van der Waals surface area contributed by atoms with Crippen molar-refractivity contribution in [2.45, 2.75) is 32.2 Å². The molecule has 0 amide bonds. The van der Waals surface area contributed by atoms with Crippen LogP contribution < -0.4 is 0 Å². The van der Waals surface area contributed by atoms with Crippen LogP contribution in [0, 0.1) is 0 Å². The van der Waals surface area contributed by atoms with Gasteiger partial charge in [-0.05, 0) is 33.9 Å². The monoisotopic (exact) mass is 297 g/mol. The Hall–Kier alpha value is -1.93. The first-order chi connectivity index (χ1) is 10.5. The van der Waals surface area contributed by atoms with Gasteiger partial charge in [0.25, 0.3) is 0 Å². The van der Waals surface area contributed by atoms with Crippen molar-refractivity contribution in [2.24, 2.45) is 0 Å². The van der Waals surface area contributed by atoms with Gasteiger partial charge in [-0.1, -0.05) is 73.7 Å². The molecule has 0 aliphatic carbocycles. The Bertz CT molecular complexity index is 554. The number of hydrogen-bond acceptors (Lipinski definition) is 2. The normalized spacial score (nSPS) is 15.0. The molecule has 1 atom stereocenters. The van der Waals surface area contributed by atoms with Crippen LogP contribution in [0.5, 0.6) is 0 Å². The number of allylic oxidation sites excluding steroid dienone is 4. The maximum absolute atomic E-state index is 13.1. The molecule has 0 N–H and O–H groups in total. The molecule has 1 aromatic rings. The van der Waals surface area contributed by atoms with Crippen molar-refractivity contribution in [3.05, 3.63) is 72.4 Å². The minimum atomic E-state index is -0.510. The molecule has 2 nitrogen and oxygen atoms in total. The van der Waals surface area contributed by atoms with Crippen molar-refractivity contribution in [3.8, 4) is 0 Å². The fraction of sp³-hybridized carbons (Fsp3) is 0.350. The summed E-state index contributed by atoms with van der Waals surface area (Å²) in [5.74, 6) is 0.182. The lowest BCUT2D eigenvalue weighted by molar-refractivity contribution is 0.0666. The summed E-state index contributed by atoms with van der Waals surface area (Å²) in [7, 11) is 3.97. The van der Waals surface area contributed by atoms with Gasteiger partial charge in [0.2, 0.25) is 0 Å². The first-order valence-electron chi connectivity index (χ1n) is 7.70. The van der Waals surface area contributed by atoms with Crippen molar-refractivity contribution in [2.75, 3.05) is 14.1 Å². The second kappa shape index (κ2) is 8.50. The summed E-state index contributed by atoms with van der Waals surface area (Å²) in [6.07, 6.45) is 9.14. The molecule has 1 rings (SSSR count). The van der Waals surface area contributed by atoms with Crippen LogP contribution in [0.1, 0.15) is 37.0 Å². The molecule has 0 fully saturated rings. The molecule has 1 unspecified atom stereocenters. The molecular weight excluding hydrogens is 270 g/mol. The van der Waals surface area contributed by atoms with E-state index in [1.807, 2.05) is 62.7 Å². The van der Waals surface area contributed by atoms with Crippen LogP contribution in [0.3, 0.4) is 0 Å². The number of carbonyl (C=O) groups excluding carboxylic acids is 1. The topological polar surface area (TPSA) is 20.3 Å². The zero-order valence-corrected chi connectivity index (χ0v) is 14.2. The summed E-state index contributed by atoms with van der Waals surface area (Å²) in [5.41, 5.74) is 1.44. The molecule has 0 aliphatic rings. The quantitative estimate of drug-likeness (QED) is 0.514. The van der Waals surface area contributed by atoms with E-state index in [4.69, 9.17) is 0 Å². The average Bonchev–Trinajstić information content (AvgIpc) is 2.52. The van der Waals surface area contributed by atoms with Crippen LogP contribution in [0.15, 0.2) is 66.8 Å². The summed E-state index contributed by atoms with van der Waals surface area (Å²) >= 11 is 0. The Labute approximate surface area is 134 Å². The molecule has 0 saturated carbocycles. The van der Waals surface area contributed by atoms with E-state index in [9.17, 15) is 4.79 Å².